The first-order valence-electron chi connectivity index (χ1n) is 12.4. The molecule has 0 amide bonds. The van der Waals surface area contributed by atoms with E-state index in [1.165, 1.54) is 0 Å². The molecule has 10 heteroatoms. The van der Waals surface area contributed by atoms with Crippen LogP contribution < -0.4 is 5.46 Å². The van der Waals surface area contributed by atoms with Gasteiger partial charge in [-0.3, -0.25) is 0 Å². The number of hydrogen-bond donors (Lipinski definition) is 0. The van der Waals surface area contributed by atoms with Gasteiger partial charge in [-0.2, -0.15) is 4.31 Å². The molecular formula is C24H36BNO6S2. The molecule has 2 aliphatic heterocycles. The summed E-state index contributed by atoms with van der Waals surface area (Å²) in [6.07, 6.45) is 5.30. The highest BCUT2D eigenvalue weighted by Gasteiger charge is 2.56. The first-order chi connectivity index (χ1) is 15.7. The van der Waals surface area contributed by atoms with Crippen molar-refractivity contribution in [3.63, 3.8) is 0 Å². The van der Waals surface area contributed by atoms with Crippen LogP contribution in [0.25, 0.3) is 0 Å². The summed E-state index contributed by atoms with van der Waals surface area (Å²) in [5, 5.41) is 0. The van der Waals surface area contributed by atoms with Crippen molar-refractivity contribution in [2.75, 3.05) is 18.1 Å². The van der Waals surface area contributed by atoms with Gasteiger partial charge in [-0.05, 0) is 95.7 Å². The van der Waals surface area contributed by atoms with Gasteiger partial charge in [-0.15, -0.1) is 0 Å². The smallest absolute Gasteiger partial charge is 0.399 e. The predicted octanol–water partition coefficient (Wildman–Crippen LogP) is 2.89. The molecule has 34 heavy (non-hydrogen) atoms. The van der Waals surface area contributed by atoms with Gasteiger partial charge in [0.15, 0.2) is 9.84 Å². The summed E-state index contributed by atoms with van der Waals surface area (Å²) >= 11 is 0. The van der Waals surface area contributed by atoms with Gasteiger partial charge < -0.3 is 9.31 Å². The number of rotatable bonds is 5. The van der Waals surface area contributed by atoms with Crippen molar-refractivity contribution in [1.29, 1.82) is 0 Å². The molecule has 2 heterocycles. The van der Waals surface area contributed by atoms with Crippen LogP contribution in [0.3, 0.4) is 0 Å². The number of fused-ring (bicyclic) bond motifs is 3. The van der Waals surface area contributed by atoms with Crippen molar-refractivity contribution in [3.05, 3.63) is 24.3 Å². The molecule has 3 saturated carbocycles. The molecule has 2 bridgehead atoms. The fourth-order valence-corrected chi connectivity index (χ4v) is 10.2. The molecule has 5 fully saturated rings. The molecule has 5 aliphatic rings. The van der Waals surface area contributed by atoms with Gasteiger partial charge in [0.1, 0.15) is 0 Å². The summed E-state index contributed by atoms with van der Waals surface area (Å²) in [5.41, 5.74) is -0.636. The third kappa shape index (κ3) is 3.97. The van der Waals surface area contributed by atoms with Crippen LogP contribution in [0.15, 0.2) is 29.2 Å². The monoisotopic (exact) mass is 509 g/mol. The van der Waals surface area contributed by atoms with E-state index >= 15 is 0 Å². The second kappa shape index (κ2) is 7.78. The highest BCUT2D eigenvalue weighted by Crippen LogP contribution is 2.56. The SMILES string of the molecule is CC1(C)OB(c2ccc(S(=O)(=O)CC34CCC(N5CCCS5(=O)=O)(CC3)CC4)cc2)OC1(C)C. The number of sulfonamides is 1. The van der Waals surface area contributed by atoms with E-state index in [1.807, 2.05) is 27.7 Å². The lowest BCUT2D eigenvalue weighted by molar-refractivity contribution is -0.00242. The normalized spacial score (nSPS) is 34.5. The minimum absolute atomic E-state index is 0.124. The Kier molecular flexibility index (Phi) is 5.66. The lowest BCUT2D eigenvalue weighted by atomic mass is 9.58. The number of sulfone groups is 1. The van der Waals surface area contributed by atoms with Crippen molar-refractivity contribution >= 4 is 32.4 Å². The summed E-state index contributed by atoms with van der Waals surface area (Å²) in [5.74, 6) is 0.370. The minimum Gasteiger partial charge on any atom is -0.399 e. The standard InChI is InChI=1S/C24H36BNO6S2/c1-21(2)22(3,4)32-25(31-21)19-6-8-20(9-7-19)33(27,28)18-23-10-13-24(14-11-23,15-12-23)26-16-5-17-34(26,29)30/h6-9H,5,10-18H2,1-4H3. The van der Waals surface area contributed by atoms with Crippen LogP contribution in [-0.4, -0.2) is 63.1 Å². The maximum atomic E-state index is 13.4. The van der Waals surface area contributed by atoms with Crippen molar-refractivity contribution in [2.45, 2.75) is 94.3 Å². The van der Waals surface area contributed by atoms with E-state index in [9.17, 15) is 16.8 Å². The summed E-state index contributed by atoms with van der Waals surface area (Å²) in [4.78, 5) is 0.326. The molecule has 0 radical (unpaired) electrons. The summed E-state index contributed by atoms with van der Waals surface area (Å²) in [6.45, 7) is 8.59. The lowest BCUT2D eigenvalue weighted by Gasteiger charge is -2.56. The zero-order valence-corrected chi connectivity index (χ0v) is 22.3. The fourth-order valence-electron chi connectivity index (χ4n) is 6.30. The van der Waals surface area contributed by atoms with Crippen LogP contribution in [0.2, 0.25) is 0 Å². The number of benzene rings is 1. The van der Waals surface area contributed by atoms with E-state index in [4.69, 9.17) is 9.31 Å². The highest BCUT2D eigenvalue weighted by molar-refractivity contribution is 7.91. The summed E-state index contributed by atoms with van der Waals surface area (Å²) in [7, 11) is -7.15. The Balaban J connectivity index is 1.28. The van der Waals surface area contributed by atoms with E-state index in [0.717, 1.165) is 44.0 Å². The van der Waals surface area contributed by atoms with Crippen LogP contribution in [-0.2, 0) is 29.2 Å². The number of nitrogens with zero attached hydrogens (tertiary/aromatic N) is 1. The molecule has 6 rings (SSSR count). The van der Waals surface area contributed by atoms with E-state index in [-0.39, 0.29) is 22.5 Å². The quantitative estimate of drug-likeness (QED) is 0.567. The van der Waals surface area contributed by atoms with Gasteiger partial charge >= 0.3 is 7.12 Å². The van der Waals surface area contributed by atoms with Gasteiger partial charge in [0.05, 0.1) is 27.6 Å². The first-order valence-corrected chi connectivity index (χ1v) is 15.6. The van der Waals surface area contributed by atoms with Crippen molar-refractivity contribution in [2.24, 2.45) is 5.41 Å². The largest absolute Gasteiger partial charge is 0.494 e. The van der Waals surface area contributed by atoms with Gasteiger partial charge in [0.2, 0.25) is 10.0 Å². The predicted molar refractivity (Wildman–Crippen MR) is 132 cm³/mol. The summed E-state index contributed by atoms with van der Waals surface area (Å²) in [6, 6.07) is 6.91. The van der Waals surface area contributed by atoms with Gasteiger partial charge in [0.25, 0.3) is 0 Å². The molecule has 0 atom stereocenters. The molecule has 0 N–H and O–H groups in total. The molecule has 1 aromatic rings. The Morgan fingerprint density at radius 3 is 1.91 bits per heavy atom. The third-order valence-electron chi connectivity index (χ3n) is 9.25. The summed E-state index contributed by atoms with van der Waals surface area (Å²) < 4.78 is 65.8. The molecular weight excluding hydrogens is 473 g/mol. The molecule has 2 saturated heterocycles. The Hall–Kier alpha value is -0.935. The molecule has 3 aliphatic carbocycles. The van der Waals surface area contributed by atoms with Crippen LogP contribution in [0.5, 0.6) is 0 Å². The second-order valence-corrected chi connectivity index (χ2v) is 15.9. The lowest BCUT2D eigenvalue weighted by Crippen LogP contribution is -2.58. The molecule has 188 valence electrons. The Labute approximate surface area is 204 Å². The van der Waals surface area contributed by atoms with Crippen LogP contribution in [0.4, 0.5) is 0 Å². The molecule has 0 unspecified atom stereocenters. The molecule has 0 aromatic heterocycles. The second-order valence-electron chi connectivity index (χ2n) is 11.9. The highest BCUT2D eigenvalue weighted by atomic mass is 32.2. The van der Waals surface area contributed by atoms with Crippen molar-refractivity contribution in [3.8, 4) is 0 Å². The topological polar surface area (TPSA) is 90.0 Å². The fraction of sp³-hybridized carbons (Fsp3) is 0.750. The Bertz CT molecular complexity index is 1140. The number of hydrogen-bond acceptors (Lipinski definition) is 6. The van der Waals surface area contributed by atoms with Crippen LogP contribution in [0, 0.1) is 5.41 Å². The zero-order chi connectivity index (χ0) is 24.6. The Morgan fingerprint density at radius 1 is 0.912 bits per heavy atom. The van der Waals surface area contributed by atoms with Gasteiger partial charge in [0, 0.05) is 12.1 Å². The molecule has 0 spiro atoms. The minimum atomic E-state index is -3.47. The van der Waals surface area contributed by atoms with Gasteiger partial charge in [-0.25, -0.2) is 16.8 Å². The third-order valence-corrected chi connectivity index (χ3v) is 13.3. The average molecular weight is 509 g/mol. The zero-order valence-electron chi connectivity index (χ0n) is 20.7. The van der Waals surface area contributed by atoms with E-state index in [1.54, 1.807) is 28.6 Å². The molecule has 7 nitrogen and oxygen atoms in total. The van der Waals surface area contributed by atoms with Crippen molar-refractivity contribution in [1.82, 2.24) is 4.31 Å². The van der Waals surface area contributed by atoms with Crippen LogP contribution in [0.1, 0.15) is 72.6 Å². The van der Waals surface area contributed by atoms with E-state index < -0.39 is 38.2 Å². The van der Waals surface area contributed by atoms with Gasteiger partial charge in [-0.1, -0.05) is 12.1 Å². The molecule has 1 aromatic carbocycles. The van der Waals surface area contributed by atoms with Crippen LogP contribution >= 0.6 is 0 Å². The average Bonchev–Trinajstić information content (AvgIpc) is 3.23. The maximum absolute atomic E-state index is 13.4. The first kappa shape index (κ1) is 24.7. The van der Waals surface area contributed by atoms with E-state index in [2.05, 4.69) is 0 Å². The maximum Gasteiger partial charge on any atom is 0.494 e. The van der Waals surface area contributed by atoms with E-state index in [0.29, 0.717) is 17.9 Å². The Morgan fingerprint density at radius 2 is 1.44 bits per heavy atom. The van der Waals surface area contributed by atoms with Crippen molar-refractivity contribution < 1.29 is 26.1 Å².